The van der Waals surface area contributed by atoms with Gasteiger partial charge in [-0.2, -0.15) is 13.2 Å². The van der Waals surface area contributed by atoms with Crippen molar-refractivity contribution in [3.63, 3.8) is 0 Å². The van der Waals surface area contributed by atoms with E-state index in [1.54, 1.807) is 11.0 Å². The molecule has 12 heteroatoms. The summed E-state index contributed by atoms with van der Waals surface area (Å²) >= 11 is 5.39. The maximum Gasteiger partial charge on any atom is 0.420 e. The van der Waals surface area contributed by atoms with Gasteiger partial charge in [0.15, 0.2) is 0 Å². The molecule has 3 aromatic rings. The second-order valence-corrected chi connectivity index (χ2v) is 8.28. The van der Waals surface area contributed by atoms with Gasteiger partial charge in [0.1, 0.15) is 16.3 Å². The van der Waals surface area contributed by atoms with Crippen molar-refractivity contribution in [1.29, 1.82) is 0 Å². The van der Waals surface area contributed by atoms with Crippen molar-refractivity contribution in [3.05, 3.63) is 53.4 Å². The van der Waals surface area contributed by atoms with Gasteiger partial charge in [-0.3, -0.25) is 4.98 Å². The summed E-state index contributed by atoms with van der Waals surface area (Å²) in [6, 6.07) is 6.80. The fraction of sp³-hybridized carbons (Fsp3) is 0.318. The Morgan fingerprint density at radius 2 is 1.91 bits per heavy atom. The lowest BCUT2D eigenvalue weighted by atomic mass is 10.0. The summed E-state index contributed by atoms with van der Waals surface area (Å²) < 4.78 is 73.1. The standard InChI is InChI=1S/C22H18F5N3O3S/c23-21(24)3-5-30(6-4-21)19(34)12-1-2-17(28-10-12)13-7-14-8-15(11-29-20(31)32)33-18(14)16(9-13)22(25,26)27/h1-2,7-10,29H,3-6,11H2,(H,31,32). The Kier molecular flexibility index (Phi) is 6.19. The summed E-state index contributed by atoms with van der Waals surface area (Å²) in [4.78, 5) is 16.9. The van der Waals surface area contributed by atoms with E-state index in [1.807, 2.05) is 5.32 Å². The molecule has 0 saturated carbocycles. The molecular formula is C22H18F5N3O3S. The first kappa shape index (κ1) is 23.9. The summed E-state index contributed by atoms with van der Waals surface area (Å²) in [5.74, 6) is -2.68. The molecule has 2 aromatic heterocycles. The number of carbonyl (C=O) groups is 1. The third kappa shape index (κ3) is 5.11. The maximum atomic E-state index is 13.7. The highest BCUT2D eigenvalue weighted by molar-refractivity contribution is 7.80. The number of alkyl halides is 5. The molecule has 6 nitrogen and oxygen atoms in total. The number of piperidine rings is 1. The lowest BCUT2D eigenvalue weighted by molar-refractivity contribution is -0.136. The maximum absolute atomic E-state index is 13.7. The SMILES string of the molecule is O=C(O)NCc1cc2cc(-c3ccc(C(=S)N4CCC(F)(F)CC4)cn3)cc(C(F)(F)F)c2o1. The molecule has 1 aliphatic rings. The van der Waals surface area contributed by atoms with Gasteiger partial charge in [-0.05, 0) is 30.3 Å². The zero-order valence-corrected chi connectivity index (χ0v) is 18.3. The predicted molar refractivity (Wildman–Crippen MR) is 117 cm³/mol. The number of hydrogen-bond donors (Lipinski definition) is 2. The molecule has 2 N–H and O–H groups in total. The number of likely N-dealkylation sites (tertiary alicyclic amines) is 1. The first-order chi connectivity index (χ1) is 15.9. The summed E-state index contributed by atoms with van der Waals surface area (Å²) in [5, 5.41) is 10.9. The number of carboxylic acid groups (broad SMARTS) is 1. The Hall–Kier alpha value is -3.28. The highest BCUT2D eigenvalue weighted by Gasteiger charge is 2.36. The van der Waals surface area contributed by atoms with E-state index >= 15 is 0 Å². The molecule has 1 saturated heterocycles. The number of halogens is 5. The molecule has 0 spiro atoms. The molecule has 3 heterocycles. The van der Waals surface area contributed by atoms with Crippen molar-refractivity contribution in [3.8, 4) is 11.3 Å². The number of aromatic nitrogens is 1. The molecule has 1 amide bonds. The molecule has 0 aliphatic carbocycles. The van der Waals surface area contributed by atoms with Crippen LogP contribution in [-0.4, -0.2) is 45.1 Å². The minimum absolute atomic E-state index is 0.0285. The monoisotopic (exact) mass is 499 g/mol. The Balaban J connectivity index is 1.62. The van der Waals surface area contributed by atoms with E-state index in [9.17, 15) is 26.7 Å². The van der Waals surface area contributed by atoms with E-state index in [4.69, 9.17) is 21.7 Å². The molecule has 180 valence electrons. The van der Waals surface area contributed by atoms with Gasteiger partial charge in [0.05, 0.1) is 17.8 Å². The second kappa shape index (κ2) is 8.82. The van der Waals surface area contributed by atoms with Gasteiger partial charge in [0.25, 0.3) is 5.92 Å². The molecule has 1 fully saturated rings. The van der Waals surface area contributed by atoms with Crippen LogP contribution in [-0.2, 0) is 12.7 Å². The molecule has 0 bridgehead atoms. The number of pyridine rings is 1. The van der Waals surface area contributed by atoms with Gasteiger partial charge in [-0.15, -0.1) is 0 Å². The third-order valence-corrected chi connectivity index (χ3v) is 5.97. The van der Waals surface area contributed by atoms with E-state index in [1.165, 1.54) is 24.4 Å². The van der Waals surface area contributed by atoms with Crippen LogP contribution < -0.4 is 5.32 Å². The number of amides is 1. The van der Waals surface area contributed by atoms with Gasteiger partial charge in [0, 0.05) is 48.6 Å². The van der Waals surface area contributed by atoms with Gasteiger partial charge in [-0.25, -0.2) is 13.6 Å². The minimum Gasteiger partial charge on any atom is -0.465 e. The number of thiocarbonyl (C=S) groups is 1. The van der Waals surface area contributed by atoms with Crippen LogP contribution in [0.2, 0.25) is 0 Å². The van der Waals surface area contributed by atoms with E-state index in [0.29, 0.717) is 10.6 Å². The van der Waals surface area contributed by atoms with Crippen LogP contribution in [0.5, 0.6) is 0 Å². The van der Waals surface area contributed by atoms with Crippen molar-refractivity contribution in [2.24, 2.45) is 0 Å². The quantitative estimate of drug-likeness (QED) is 0.355. The second-order valence-electron chi connectivity index (χ2n) is 7.89. The molecule has 4 rings (SSSR count). The first-order valence-electron chi connectivity index (χ1n) is 10.2. The number of hydrogen-bond acceptors (Lipinski definition) is 4. The Bertz CT molecular complexity index is 1230. The topological polar surface area (TPSA) is 78.6 Å². The highest BCUT2D eigenvalue weighted by Crippen LogP contribution is 2.39. The molecule has 0 atom stereocenters. The number of fused-ring (bicyclic) bond motifs is 1. The predicted octanol–water partition coefficient (Wildman–Crippen LogP) is 5.69. The molecule has 1 aliphatic heterocycles. The summed E-state index contributed by atoms with van der Waals surface area (Å²) in [7, 11) is 0. The number of benzene rings is 1. The van der Waals surface area contributed by atoms with Crippen molar-refractivity contribution < 1.29 is 36.3 Å². The molecule has 34 heavy (non-hydrogen) atoms. The van der Waals surface area contributed by atoms with Crippen LogP contribution in [0.15, 0.2) is 40.9 Å². The van der Waals surface area contributed by atoms with Crippen LogP contribution in [0.1, 0.15) is 29.7 Å². The van der Waals surface area contributed by atoms with Crippen LogP contribution in [0, 0.1) is 0 Å². The van der Waals surface area contributed by atoms with Crippen LogP contribution >= 0.6 is 12.2 Å². The summed E-state index contributed by atoms with van der Waals surface area (Å²) in [6.45, 7) is -0.0685. The first-order valence-corrected chi connectivity index (χ1v) is 10.6. The van der Waals surface area contributed by atoms with E-state index in [0.717, 1.165) is 6.07 Å². The Morgan fingerprint density at radius 3 is 2.50 bits per heavy atom. The van der Waals surface area contributed by atoms with Crippen molar-refractivity contribution in [1.82, 2.24) is 15.2 Å². The number of nitrogens with one attached hydrogen (secondary N) is 1. The highest BCUT2D eigenvalue weighted by atomic mass is 32.1. The number of furan rings is 1. The average molecular weight is 499 g/mol. The number of rotatable bonds is 4. The smallest absolute Gasteiger partial charge is 0.420 e. The fourth-order valence-electron chi connectivity index (χ4n) is 3.73. The van der Waals surface area contributed by atoms with Crippen LogP contribution in [0.4, 0.5) is 26.7 Å². The van der Waals surface area contributed by atoms with Gasteiger partial charge < -0.3 is 19.7 Å². The van der Waals surface area contributed by atoms with Crippen molar-refractivity contribution in [2.75, 3.05) is 13.1 Å². The van der Waals surface area contributed by atoms with E-state index < -0.39 is 29.3 Å². The minimum atomic E-state index is -4.72. The molecule has 1 aromatic carbocycles. The molecular weight excluding hydrogens is 481 g/mol. The van der Waals surface area contributed by atoms with Crippen molar-refractivity contribution in [2.45, 2.75) is 31.5 Å². The van der Waals surface area contributed by atoms with E-state index in [2.05, 4.69) is 4.98 Å². The Labute approximate surface area is 195 Å². The number of nitrogens with zero attached hydrogens (tertiary/aromatic N) is 2. The zero-order valence-electron chi connectivity index (χ0n) is 17.5. The Morgan fingerprint density at radius 1 is 1.21 bits per heavy atom. The normalized spacial score (nSPS) is 16.0. The summed E-state index contributed by atoms with van der Waals surface area (Å²) in [6.07, 6.45) is -5.25. The average Bonchev–Trinajstić information content (AvgIpc) is 3.19. The van der Waals surface area contributed by atoms with E-state index in [-0.39, 0.29) is 54.9 Å². The fourth-order valence-corrected chi connectivity index (χ4v) is 4.03. The zero-order chi connectivity index (χ0) is 24.7. The van der Waals surface area contributed by atoms with Crippen LogP contribution in [0.3, 0.4) is 0 Å². The largest absolute Gasteiger partial charge is 0.465 e. The lowest BCUT2D eigenvalue weighted by Crippen LogP contribution is -2.42. The van der Waals surface area contributed by atoms with Crippen molar-refractivity contribution >= 4 is 34.3 Å². The molecule has 0 unspecified atom stereocenters. The van der Waals surface area contributed by atoms with Gasteiger partial charge in [0.2, 0.25) is 0 Å². The van der Waals surface area contributed by atoms with Gasteiger partial charge >= 0.3 is 12.3 Å². The van der Waals surface area contributed by atoms with Gasteiger partial charge in [-0.1, -0.05) is 12.2 Å². The third-order valence-electron chi connectivity index (χ3n) is 5.47. The lowest BCUT2D eigenvalue weighted by Gasteiger charge is -2.33. The summed E-state index contributed by atoms with van der Waals surface area (Å²) in [5.41, 5.74) is -0.495. The van der Waals surface area contributed by atoms with Crippen LogP contribution in [0.25, 0.3) is 22.2 Å². The molecule has 0 radical (unpaired) electrons.